The van der Waals surface area contributed by atoms with Gasteiger partial charge < -0.3 is 9.52 Å². The van der Waals surface area contributed by atoms with E-state index < -0.39 is 10.9 Å². The van der Waals surface area contributed by atoms with Gasteiger partial charge >= 0.3 is 5.97 Å². The summed E-state index contributed by atoms with van der Waals surface area (Å²) < 4.78 is 5.10. The molecule has 1 heterocycles. The summed E-state index contributed by atoms with van der Waals surface area (Å²) in [6.45, 7) is 0. The molecule has 0 aliphatic carbocycles. The topological polar surface area (TPSA) is 93.6 Å². The van der Waals surface area contributed by atoms with Crippen LogP contribution in [0.15, 0.2) is 45.7 Å². The fourth-order valence-corrected chi connectivity index (χ4v) is 2.18. The number of hydrogen-bond donors (Lipinski definition) is 1. The second-order valence-electron chi connectivity index (χ2n) is 3.61. The smallest absolute Gasteiger partial charge is 0.371 e. The van der Waals surface area contributed by atoms with Crippen molar-refractivity contribution in [3.63, 3.8) is 0 Å². The lowest BCUT2D eigenvalue weighted by atomic mass is 10.3. The number of aromatic carboxylic acids is 1. The fraction of sp³-hybridized carbons (Fsp3) is 0.0833. The van der Waals surface area contributed by atoms with E-state index in [2.05, 4.69) is 0 Å². The van der Waals surface area contributed by atoms with Gasteiger partial charge in [-0.05, 0) is 24.3 Å². The van der Waals surface area contributed by atoms with Crippen LogP contribution in [0, 0.1) is 10.1 Å². The highest BCUT2D eigenvalue weighted by Crippen LogP contribution is 2.25. The molecule has 0 spiro atoms. The maximum atomic E-state index is 10.6. The Labute approximate surface area is 112 Å². The largest absolute Gasteiger partial charge is 0.475 e. The summed E-state index contributed by atoms with van der Waals surface area (Å²) in [4.78, 5) is 21.5. The second kappa shape index (κ2) is 5.57. The highest BCUT2D eigenvalue weighted by atomic mass is 32.2. The van der Waals surface area contributed by atoms with Crippen LogP contribution in [0.3, 0.4) is 0 Å². The van der Waals surface area contributed by atoms with E-state index in [9.17, 15) is 14.9 Å². The van der Waals surface area contributed by atoms with Crippen LogP contribution in [0.25, 0.3) is 0 Å². The molecule has 0 amide bonds. The molecular weight excluding hydrogens is 270 g/mol. The molecule has 98 valence electrons. The molecule has 0 radical (unpaired) electrons. The van der Waals surface area contributed by atoms with E-state index in [0.717, 1.165) is 4.90 Å². The van der Waals surface area contributed by atoms with Crippen LogP contribution in [0.1, 0.15) is 16.3 Å². The van der Waals surface area contributed by atoms with Gasteiger partial charge in [0.25, 0.3) is 5.69 Å². The lowest BCUT2D eigenvalue weighted by Crippen LogP contribution is -1.91. The molecule has 6 nitrogen and oxygen atoms in total. The SMILES string of the molecule is O=C(O)c1ccc(CSc2ccc([N+](=O)[O-])cc2)o1. The van der Waals surface area contributed by atoms with E-state index in [0.29, 0.717) is 11.5 Å². The highest BCUT2D eigenvalue weighted by molar-refractivity contribution is 7.98. The maximum absolute atomic E-state index is 10.6. The number of hydrogen-bond acceptors (Lipinski definition) is 5. The molecular formula is C12H9NO5S. The summed E-state index contributed by atoms with van der Waals surface area (Å²) in [5.41, 5.74) is 0.0375. The molecule has 0 unspecified atom stereocenters. The van der Waals surface area contributed by atoms with Crippen LogP contribution in [0.4, 0.5) is 5.69 Å². The van der Waals surface area contributed by atoms with E-state index in [1.165, 1.54) is 30.0 Å². The Morgan fingerprint density at radius 3 is 2.47 bits per heavy atom. The van der Waals surface area contributed by atoms with Gasteiger partial charge in [0.2, 0.25) is 5.76 Å². The van der Waals surface area contributed by atoms with Crippen LogP contribution >= 0.6 is 11.8 Å². The van der Waals surface area contributed by atoms with Gasteiger partial charge in [0.05, 0.1) is 10.7 Å². The summed E-state index contributed by atoms with van der Waals surface area (Å²) in [5.74, 6) is -0.197. The predicted molar refractivity (Wildman–Crippen MR) is 68.3 cm³/mol. The minimum Gasteiger partial charge on any atom is -0.475 e. The average molecular weight is 279 g/mol. The number of nitrogens with zero attached hydrogens (tertiary/aromatic N) is 1. The van der Waals surface area contributed by atoms with Gasteiger partial charge in [0, 0.05) is 17.0 Å². The van der Waals surface area contributed by atoms with Gasteiger partial charge in [-0.15, -0.1) is 11.8 Å². The lowest BCUT2D eigenvalue weighted by molar-refractivity contribution is -0.384. The van der Waals surface area contributed by atoms with Crippen molar-refractivity contribution in [2.24, 2.45) is 0 Å². The summed E-state index contributed by atoms with van der Waals surface area (Å²) in [6.07, 6.45) is 0. The van der Waals surface area contributed by atoms with Gasteiger partial charge in [-0.1, -0.05) is 0 Å². The third kappa shape index (κ3) is 3.35. The van der Waals surface area contributed by atoms with Crippen molar-refractivity contribution in [2.75, 3.05) is 0 Å². The Morgan fingerprint density at radius 2 is 1.95 bits per heavy atom. The number of thioether (sulfide) groups is 1. The maximum Gasteiger partial charge on any atom is 0.371 e. The molecule has 1 N–H and O–H groups in total. The van der Waals surface area contributed by atoms with Gasteiger partial charge in [0.15, 0.2) is 0 Å². The summed E-state index contributed by atoms with van der Waals surface area (Å²) in [6, 6.07) is 9.13. The first-order valence-corrected chi connectivity index (χ1v) is 6.24. The van der Waals surface area contributed by atoms with Gasteiger partial charge in [-0.2, -0.15) is 0 Å². The van der Waals surface area contributed by atoms with E-state index >= 15 is 0 Å². The summed E-state index contributed by atoms with van der Waals surface area (Å²) in [7, 11) is 0. The number of nitro groups is 1. The number of benzene rings is 1. The van der Waals surface area contributed by atoms with E-state index in [-0.39, 0.29) is 11.4 Å². The molecule has 0 atom stereocenters. The van der Waals surface area contributed by atoms with Crippen LogP contribution in [0.5, 0.6) is 0 Å². The molecule has 0 saturated heterocycles. The monoisotopic (exact) mass is 279 g/mol. The van der Waals surface area contributed by atoms with Gasteiger partial charge in [-0.25, -0.2) is 4.79 Å². The third-order valence-electron chi connectivity index (χ3n) is 2.30. The third-order valence-corrected chi connectivity index (χ3v) is 3.34. The molecule has 1 aromatic carbocycles. The number of non-ortho nitro benzene ring substituents is 1. The molecule has 0 fully saturated rings. The first-order chi connectivity index (χ1) is 9.06. The summed E-state index contributed by atoms with van der Waals surface area (Å²) >= 11 is 1.41. The molecule has 2 aromatic rings. The fourth-order valence-electron chi connectivity index (χ4n) is 1.39. The molecule has 0 saturated carbocycles. The van der Waals surface area contributed by atoms with Crippen molar-refractivity contribution in [3.8, 4) is 0 Å². The Balaban J connectivity index is 1.97. The molecule has 7 heteroatoms. The zero-order valence-corrected chi connectivity index (χ0v) is 10.4. The average Bonchev–Trinajstić information content (AvgIpc) is 2.86. The Morgan fingerprint density at radius 1 is 1.26 bits per heavy atom. The normalized spacial score (nSPS) is 10.3. The Bertz CT molecular complexity index is 605. The van der Waals surface area contributed by atoms with E-state index in [4.69, 9.17) is 9.52 Å². The first kappa shape index (κ1) is 13.2. The zero-order valence-electron chi connectivity index (χ0n) is 9.61. The van der Waals surface area contributed by atoms with E-state index in [1.807, 2.05) is 0 Å². The van der Waals surface area contributed by atoms with Crippen LogP contribution < -0.4 is 0 Å². The minimum atomic E-state index is -1.11. The van der Waals surface area contributed by atoms with Crippen molar-refractivity contribution in [3.05, 3.63) is 58.0 Å². The van der Waals surface area contributed by atoms with Crippen molar-refractivity contribution >= 4 is 23.4 Å². The molecule has 19 heavy (non-hydrogen) atoms. The molecule has 0 aliphatic rings. The standard InChI is InChI=1S/C12H9NO5S/c14-12(15)11-6-3-9(18-11)7-19-10-4-1-8(2-5-10)13(16)17/h1-6H,7H2,(H,14,15). The minimum absolute atomic E-state index is 0.0375. The lowest BCUT2D eigenvalue weighted by Gasteiger charge is -1.99. The first-order valence-electron chi connectivity index (χ1n) is 5.25. The molecule has 1 aromatic heterocycles. The van der Waals surface area contributed by atoms with Gasteiger partial charge in [0.1, 0.15) is 5.76 Å². The van der Waals surface area contributed by atoms with Gasteiger partial charge in [-0.3, -0.25) is 10.1 Å². The zero-order chi connectivity index (χ0) is 13.8. The Kier molecular flexibility index (Phi) is 3.86. The predicted octanol–water partition coefficient (Wildman–Crippen LogP) is 3.18. The van der Waals surface area contributed by atoms with E-state index in [1.54, 1.807) is 18.2 Å². The summed E-state index contributed by atoms with van der Waals surface area (Å²) in [5, 5.41) is 19.2. The number of carboxylic acids is 1. The highest BCUT2D eigenvalue weighted by Gasteiger charge is 2.09. The number of rotatable bonds is 5. The van der Waals surface area contributed by atoms with Crippen LogP contribution in [-0.2, 0) is 5.75 Å². The van der Waals surface area contributed by atoms with Crippen molar-refractivity contribution in [1.29, 1.82) is 0 Å². The number of furan rings is 1. The quantitative estimate of drug-likeness (QED) is 0.513. The number of carbonyl (C=O) groups is 1. The number of nitro benzene ring substituents is 1. The van der Waals surface area contributed by atoms with Crippen molar-refractivity contribution in [2.45, 2.75) is 10.6 Å². The van der Waals surface area contributed by atoms with Crippen molar-refractivity contribution in [1.82, 2.24) is 0 Å². The number of carboxylic acid groups (broad SMARTS) is 1. The molecule has 0 aliphatic heterocycles. The second-order valence-corrected chi connectivity index (χ2v) is 4.66. The molecule has 0 bridgehead atoms. The van der Waals surface area contributed by atoms with Crippen LogP contribution in [0.2, 0.25) is 0 Å². The van der Waals surface area contributed by atoms with Crippen molar-refractivity contribution < 1.29 is 19.2 Å². The van der Waals surface area contributed by atoms with Crippen LogP contribution in [-0.4, -0.2) is 16.0 Å². The molecule has 2 rings (SSSR count). The Hall–Kier alpha value is -2.28.